The molecule has 0 amide bonds. The standard InChI is InChI=1S/C13H15BrN4/c1-9-3-4-10(14)7-11(9)18(2)8-13-16-6-5-12(15)17-13/h3-7H,8H2,1-2H3,(H2,15,16,17). The van der Waals surface area contributed by atoms with Crippen molar-refractivity contribution < 1.29 is 0 Å². The summed E-state index contributed by atoms with van der Waals surface area (Å²) in [4.78, 5) is 10.5. The molecular weight excluding hydrogens is 292 g/mol. The lowest BCUT2D eigenvalue weighted by Gasteiger charge is -2.20. The van der Waals surface area contributed by atoms with Crippen LogP contribution in [0.15, 0.2) is 34.9 Å². The minimum atomic E-state index is 0.499. The van der Waals surface area contributed by atoms with E-state index in [0.717, 1.165) is 16.0 Å². The van der Waals surface area contributed by atoms with Crippen molar-refractivity contribution in [2.75, 3.05) is 17.7 Å². The molecule has 0 saturated heterocycles. The molecule has 0 saturated carbocycles. The summed E-state index contributed by atoms with van der Waals surface area (Å²) >= 11 is 3.48. The van der Waals surface area contributed by atoms with E-state index in [0.29, 0.717) is 12.4 Å². The van der Waals surface area contributed by atoms with E-state index in [1.165, 1.54) is 5.56 Å². The molecule has 0 unspecified atom stereocenters. The Balaban J connectivity index is 2.21. The Hall–Kier alpha value is -1.62. The molecule has 1 heterocycles. The van der Waals surface area contributed by atoms with Crippen molar-refractivity contribution in [1.29, 1.82) is 0 Å². The van der Waals surface area contributed by atoms with Gasteiger partial charge in [0.25, 0.3) is 0 Å². The third kappa shape index (κ3) is 2.98. The monoisotopic (exact) mass is 306 g/mol. The maximum atomic E-state index is 5.65. The molecule has 1 aromatic carbocycles. The smallest absolute Gasteiger partial charge is 0.149 e. The van der Waals surface area contributed by atoms with Crippen LogP contribution in [0, 0.1) is 6.92 Å². The molecule has 0 fully saturated rings. The van der Waals surface area contributed by atoms with E-state index in [2.05, 4.69) is 49.9 Å². The number of hydrogen-bond donors (Lipinski definition) is 1. The molecule has 0 bridgehead atoms. The van der Waals surface area contributed by atoms with E-state index in [4.69, 9.17) is 5.73 Å². The number of anilines is 2. The number of nitrogens with zero attached hydrogens (tertiary/aromatic N) is 3. The fourth-order valence-corrected chi connectivity index (χ4v) is 2.13. The molecule has 5 heteroatoms. The van der Waals surface area contributed by atoms with Gasteiger partial charge in [-0.3, -0.25) is 0 Å². The zero-order valence-electron chi connectivity index (χ0n) is 10.4. The topological polar surface area (TPSA) is 55.0 Å². The number of aromatic nitrogens is 2. The summed E-state index contributed by atoms with van der Waals surface area (Å²) in [6.07, 6.45) is 1.68. The van der Waals surface area contributed by atoms with Gasteiger partial charge in [0.05, 0.1) is 6.54 Å². The molecule has 1 aromatic heterocycles. The first-order valence-corrected chi connectivity index (χ1v) is 6.40. The van der Waals surface area contributed by atoms with Gasteiger partial charge in [0.1, 0.15) is 11.6 Å². The first kappa shape index (κ1) is 12.8. The molecule has 94 valence electrons. The second kappa shape index (κ2) is 5.35. The Morgan fingerprint density at radius 2 is 2.11 bits per heavy atom. The molecule has 0 atom stereocenters. The van der Waals surface area contributed by atoms with Crippen LogP contribution in [0.3, 0.4) is 0 Å². The normalized spacial score (nSPS) is 10.4. The summed E-state index contributed by atoms with van der Waals surface area (Å²) in [5.41, 5.74) is 8.01. The summed E-state index contributed by atoms with van der Waals surface area (Å²) in [5, 5.41) is 0. The molecule has 0 aliphatic rings. The predicted molar refractivity (Wildman–Crippen MR) is 77.4 cm³/mol. The second-order valence-electron chi connectivity index (χ2n) is 4.18. The first-order valence-electron chi connectivity index (χ1n) is 5.61. The number of benzene rings is 1. The predicted octanol–water partition coefficient (Wildman–Crippen LogP) is 2.77. The molecule has 2 aromatic rings. The third-order valence-electron chi connectivity index (χ3n) is 2.69. The molecule has 18 heavy (non-hydrogen) atoms. The van der Waals surface area contributed by atoms with Crippen molar-refractivity contribution in [3.8, 4) is 0 Å². The molecule has 0 aliphatic heterocycles. The highest BCUT2D eigenvalue weighted by Gasteiger charge is 2.07. The van der Waals surface area contributed by atoms with E-state index in [1.54, 1.807) is 12.3 Å². The molecule has 4 nitrogen and oxygen atoms in total. The van der Waals surface area contributed by atoms with Crippen molar-refractivity contribution in [2.45, 2.75) is 13.5 Å². The van der Waals surface area contributed by atoms with Gasteiger partial charge in [0, 0.05) is 23.4 Å². The zero-order valence-corrected chi connectivity index (χ0v) is 12.0. The highest BCUT2D eigenvalue weighted by molar-refractivity contribution is 9.10. The van der Waals surface area contributed by atoms with Gasteiger partial charge in [-0.15, -0.1) is 0 Å². The molecule has 0 aliphatic carbocycles. The highest BCUT2D eigenvalue weighted by atomic mass is 79.9. The quantitative estimate of drug-likeness (QED) is 0.947. The van der Waals surface area contributed by atoms with E-state index >= 15 is 0 Å². The van der Waals surface area contributed by atoms with Crippen LogP contribution in [-0.4, -0.2) is 17.0 Å². The Kier molecular flexibility index (Phi) is 3.81. The Labute approximate surface area is 115 Å². The van der Waals surface area contributed by atoms with Crippen molar-refractivity contribution in [3.05, 3.63) is 46.3 Å². The van der Waals surface area contributed by atoms with Gasteiger partial charge in [-0.1, -0.05) is 22.0 Å². The summed E-state index contributed by atoms with van der Waals surface area (Å²) in [7, 11) is 2.02. The lowest BCUT2D eigenvalue weighted by atomic mass is 10.2. The minimum absolute atomic E-state index is 0.499. The lowest BCUT2D eigenvalue weighted by Crippen LogP contribution is -2.19. The van der Waals surface area contributed by atoms with Crippen molar-refractivity contribution in [1.82, 2.24) is 9.97 Å². The van der Waals surface area contributed by atoms with Crippen LogP contribution in [0.5, 0.6) is 0 Å². The summed E-state index contributed by atoms with van der Waals surface area (Å²) < 4.78 is 1.06. The molecule has 0 spiro atoms. The van der Waals surface area contributed by atoms with E-state index in [1.807, 2.05) is 13.1 Å². The third-order valence-corrected chi connectivity index (χ3v) is 3.18. The fraction of sp³-hybridized carbons (Fsp3) is 0.231. The van der Waals surface area contributed by atoms with Gasteiger partial charge in [0.2, 0.25) is 0 Å². The summed E-state index contributed by atoms with van der Waals surface area (Å²) in [5.74, 6) is 1.22. The van der Waals surface area contributed by atoms with Gasteiger partial charge in [-0.25, -0.2) is 9.97 Å². The highest BCUT2D eigenvalue weighted by Crippen LogP contribution is 2.24. The van der Waals surface area contributed by atoms with Crippen LogP contribution in [0.1, 0.15) is 11.4 Å². The number of rotatable bonds is 3. The number of aryl methyl sites for hydroxylation is 1. The van der Waals surface area contributed by atoms with Gasteiger partial charge >= 0.3 is 0 Å². The van der Waals surface area contributed by atoms with Crippen molar-refractivity contribution in [3.63, 3.8) is 0 Å². The number of halogens is 1. The molecule has 2 rings (SSSR count). The van der Waals surface area contributed by atoms with E-state index in [-0.39, 0.29) is 0 Å². The maximum Gasteiger partial charge on any atom is 0.149 e. The molecule has 2 N–H and O–H groups in total. The van der Waals surface area contributed by atoms with Crippen LogP contribution in [0.4, 0.5) is 11.5 Å². The van der Waals surface area contributed by atoms with Gasteiger partial charge < -0.3 is 10.6 Å². The van der Waals surface area contributed by atoms with Gasteiger partial charge in [-0.2, -0.15) is 0 Å². The summed E-state index contributed by atoms with van der Waals surface area (Å²) in [6, 6.07) is 7.88. The molecule has 0 radical (unpaired) electrons. The first-order chi connectivity index (χ1) is 8.56. The fourth-order valence-electron chi connectivity index (χ4n) is 1.78. The van der Waals surface area contributed by atoms with Crippen LogP contribution >= 0.6 is 15.9 Å². The number of nitrogens with two attached hydrogens (primary N) is 1. The van der Waals surface area contributed by atoms with Crippen LogP contribution in [-0.2, 0) is 6.54 Å². The van der Waals surface area contributed by atoms with E-state index in [9.17, 15) is 0 Å². The zero-order chi connectivity index (χ0) is 13.1. The van der Waals surface area contributed by atoms with Gasteiger partial charge in [-0.05, 0) is 30.7 Å². The van der Waals surface area contributed by atoms with Crippen LogP contribution in [0.2, 0.25) is 0 Å². The largest absolute Gasteiger partial charge is 0.384 e. The number of nitrogen functional groups attached to an aromatic ring is 1. The Morgan fingerprint density at radius 3 is 2.83 bits per heavy atom. The average Bonchev–Trinajstić information content (AvgIpc) is 2.32. The maximum absolute atomic E-state index is 5.65. The van der Waals surface area contributed by atoms with Crippen LogP contribution in [0.25, 0.3) is 0 Å². The molecular formula is C13H15BrN4. The van der Waals surface area contributed by atoms with Crippen LogP contribution < -0.4 is 10.6 Å². The lowest BCUT2D eigenvalue weighted by molar-refractivity contribution is 0.837. The van der Waals surface area contributed by atoms with E-state index < -0.39 is 0 Å². The summed E-state index contributed by atoms with van der Waals surface area (Å²) in [6.45, 7) is 2.71. The average molecular weight is 307 g/mol. The SMILES string of the molecule is Cc1ccc(Br)cc1N(C)Cc1nccc(N)n1. The number of hydrogen-bond acceptors (Lipinski definition) is 4. The Bertz CT molecular complexity index is 556. The van der Waals surface area contributed by atoms with Crippen molar-refractivity contribution >= 4 is 27.4 Å². The minimum Gasteiger partial charge on any atom is -0.384 e. The van der Waals surface area contributed by atoms with Gasteiger partial charge in [0.15, 0.2) is 0 Å². The van der Waals surface area contributed by atoms with Crippen molar-refractivity contribution in [2.24, 2.45) is 0 Å². The second-order valence-corrected chi connectivity index (χ2v) is 5.10. The Morgan fingerprint density at radius 1 is 1.33 bits per heavy atom.